The highest BCUT2D eigenvalue weighted by Crippen LogP contribution is 2.22. The molecule has 2 rings (SSSR count). The minimum Gasteiger partial charge on any atom is -0.480 e. The van der Waals surface area contributed by atoms with Gasteiger partial charge in [-0.05, 0) is 24.5 Å². The average Bonchev–Trinajstić information content (AvgIpc) is 2.89. The molecule has 5 nitrogen and oxygen atoms in total. The second-order valence-corrected chi connectivity index (χ2v) is 5.90. The summed E-state index contributed by atoms with van der Waals surface area (Å²) in [6, 6.07) is 7.10. The van der Waals surface area contributed by atoms with E-state index in [1.165, 1.54) is 0 Å². The van der Waals surface area contributed by atoms with Crippen molar-refractivity contribution in [1.82, 2.24) is 9.88 Å². The van der Waals surface area contributed by atoms with Gasteiger partial charge in [0.1, 0.15) is 6.04 Å². The molecule has 2 N–H and O–H groups in total. The summed E-state index contributed by atoms with van der Waals surface area (Å²) in [6.07, 6.45) is 2.86. The monoisotopic (exact) mass is 316 g/mol. The molecule has 0 aliphatic heterocycles. The third-order valence-corrected chi connectivity index (χ3v) is 4.36. The number of aromatic nitrogens is 1. The molecular weight excluding hydrogens is 292 g/mol. The van der Waals surface area contributed by atoms with Gasteiger partial charge in [-0.15, -0.1) is 0 Å². The number of hydrogen-bond acceptors (Lipinski definition) is 2. The first-order chi connectivity index (χ1) is 11.0. The van der Waals surface area contributed by atoms with Crippen molar-refractivity contribution in [3.8, 4) is 0 Å². The highest BCUT2D eigenvalue weighted by molar-refractivity contribution is 5.91. The minimum absolute atomic E-state index is 0.103. The molecule has 0 bridgehead atoms. The molecule has 0 aliphatic rings. The molecule has 23 heavy (non-hydrogen) atoms. The minimum atomic E-state index is -0.983. The van der Waals surface area contributed by atoms with Crippen molar-refractivity contribution >= 4 is 22.8 Å². The molecule has 1 amide bonds. The summed E-state index contributed by atoms with van der Waals surface area (Å²) in [5.41, 5.74) is 2.02. The molecule has 0 aliphatic carbocycles. The van der Waals surface area contributed by atoms with Gasteiger partial charge in [0.25, 0.3) is 0 Å². The molecule has 1 heterocycles. The molecule has 1 aromatic carbocycles. The molecule has 0 saturated heterocycles. The molecule has 2 atom stereocenters. The van der Waals surface area contributed by atoms with E-state index in [0.29, 0.717) is 6.42 Å². The Morgan fingerprint density at radius 1 is 1.26 bits per heavy atom. The van der Waals surface area contributed by atoms with E-state index in [4.69, 9.17) is 0 Å². The van der Waals surface area contributed by atoms with Crippen LogP contribution in [0.3, 0.4) is 0 Å². The largest absolute Gasteiger partial charge is 0.480 e. The van der Waals surface area contributed by atoms with Crippen LogP contribution in [0.15, 0.2) is 30.5 Å². The average molecular weight is 316 g/mol. The van der Waals surface area contributed by atoms with E-state index in [0.717, 1.165) is 23.0 Å². The van der Waals surface area contributed by atoms with Crippen molar-refractivity contribution < 1.29 is 14.7 Å². The number of carboxylic acid groups (broad SMARTS) is 1. The Kier molecular flexibility index (Phi) is 5.42. The number of aliphatic carboxylic acids is 1. The normalized spacial score (nSPS) is 13.7. The van der Waals surface area contributed by atoms with Gasteiger partial charge >= 0.3 is 5.97 Å². The lowest BCUT2D eigenvalue weighted by Crippen LogP contribution is -2.45. The van der Waals surface area contributed by atoms with Gasteiger partial charge in [0.15, 0.2) is 0 Å². The second-order valence-electron chi connectivity index (χ2n) is 5.90. The van der Waals surface area contributed by atoms with Crippen molar-refractivity contribution in [1.29, 1.82) is 0 Å². The van der Waals surface area contributed by atoms with Crippen molar-refractivity contribution in [2.75, 3.05) is 0 Å². The van der Waals surface area contributed by atoms with Crippen LogP contribution in [0, 0.1) is 5.92 Å². The number of nitrogens with one attached hydrogen (secondary N) is 1. The Labute approximate surface area is 136 Å². The molecule has 5 heteroatoms. The first-order valence-corrected chi connectivity index (χ1v) is 8.06. The number of carbonyl (C=O) groups is 2. The van der Waals surface area contributed by atoms with Crippen LogP contribution in [0.4, 0.5) is 0 Å². The first kappa shape index (κ1) is 17.1. The summed E-state index contributed by atoms with van der Waals surface area (Å²) in [5, 5.41) is 13.0. The number of rotatable bonds is 7. The topological polar surface area (TPSA) is 71.3 Å². The Morgan fingerprint density at radius 3 is 2.57 bits per heavy atom. The van der Waals surface area contributed by atoms with Crippen LogP contribution in [-0.2, 0) is 22.6 Å². The lowest BCUT2D eigenvalue weighted by Gasteiger charge is -2.20. The zero-order valence-corrected chi connectivity index (χ0v) is 13.9. The number of amides is 1. The van der Waals surface area contributed by atoms with Gasteiger partial charge in [-0.25, -0.2) is 4.79 Å². The zero-order chi connectivity index (χ0) is 17.0. The predicted molar refractivity (Wildman–Crippen MR) is 90.3 cm³/mol. The summed E-state index contributed by atoms with van der Waals surface area (Å²) in [5.74, 6) is -1.34. The fourth-order valence-electron chi connectivity index (χ4n) is 2.81. The summed E-state index contributed by atoms with van der Waals surface area (Å²) < 4.78 is 2.10. The number of carbonyl (C=O) groups excluding carboxylic acids is 1. The van der Waals surface area contributed by atoms with Gasteiger partial charge in [-0.3, -0.25) is 4.79 Å². The van der Waals surface area contributed by atoms with E-state index < -0.39 is 12.0 Å². The Morgan fingerprint density at radius 2 is 1.96 bits per heavy atom. The van der Waals surface area contributed by atoms with Crippen molar-refractivity contribution in [3.63, 3.8) is 0 Å². The number of aryl methyl sites for hydroxylation is 1. The van der Waals surface area contributed by atoms with Gasteiger partial charge in [0.05, 0.1) is 6.42 Å². The number of nitrogens with zero attached hydrogens (tertiary/aromatic N) is 1. The quantitative estimate of drug-likeness (QED) is 0.825. The van der Waals surface area contributed by atoms with Gasteiger partial charge in [-0.2, -0.15) is 0 Å². The maximum absolute atomic E-state index is 12.3. The molecule has 0 saturated carbocycles. The third-order valence-electron chi connectivity index (χ3n) is 4.36. The van der Waals surface area contributed by atoms with Crippen molar-refractivity contribution in [3.05, 3.63) is 36.0 Å². The van der Waals surface area contributed by atoms with Crippen LogP contribution in [-0.4, -0.2) is 27.6 Å². The summed E-state index contributed by atoms with van der Waals surface area (Å²) in [4.78, 5) is 23.6. The van der Waals surface area contributed by atoms with E-state index in [2.05, 4.69) is 16.8 Å². The van der Waals surface area contributed by atoms with Crippen LogP contribution < -0.4 is 5.32 Å². The van der Waals surface area contributed by atoms with Crippen LogP contribution in [0.2, 0.25) is 0 Å². The summed E-state index contributed by atoms with van der Waals surface area (Å²) in [6.45, 7) is 6.64. The van der Waals surface area contributed by atoms with Gasteiger partial charge < -0.3 is 15.0 Å². The maximum Gasteiger partial charge on any atom is 0.326 e. The van der Waals surface area contributed by atoms with Crippen LogP contribution in [0.1, 0.15) is 32.8 Å². The summed E-state index contributed by atoms with van der Waals surface area (Å²) in [7, 11) is 0. The van der Waals surface area contributed by atoms with Gasteiger partial charge in [0.2, 0.25) is 5.91 Å². The molecule has 0 spiro atoms. The zero-order valence-electron chi connectivity index (χ0n) is 13.9. The van der Waals surface area contributed by atoms with E-state index in [-0.39, 0.29) is 18.2 Å². The number of para-hydroxylation sites is 1. The highest BCUT2D eigenvalue weighted by atomic mass is 16.4. The number of fused-ring (bicyclic) bond motifs is 1. The Hall–Kier alpha value is -2.30. The lowest BCUT2D eigenvalue weighted by molar-refractivity contribution is -0.143. The SMILES string of the molecule is CCC(C)C(NC(=O)Cc1cn(CC)c2ccccc12)C(=O)O. The van der Waals surface area contributed by atoms with E-state index in [1.54, 1.807) is 0 Å². The molecule has 0 radical (unpaired) electrons. The third kappa shape index (κ3) is 3.73. The van der Waals surface area contributed by atoms with Gasteiger partial charge in [-0.1, -0.05) is 38.5 Å². The number of carboxylic acids is 1. The second kappa shape index (κ2) is 7.31. The molecular formula is C18H24N2O3. The number of hydrogen-bond donors (Lipinski definition) is 2. The maximum atomic E-state index is 12.3. The smallest absolute Gasteiger partial charge is 0.326 e. The predicted octanol–water partition coefficient (Wildman–Crippen LogP) is 2.82. The highest BCUT2D eigenvalue weighted by Gasteiger charge is 2.25. The van der Waals surface area contributed by atoms with Gasteiger partial charge in [0, 0.05) is 23.6 Å². The van der Waals surface area contributed by atoms with Crippen LogP contribution in [0.5, 0.6) is 0 Å². The van der Waals surface area contributed by atoms with Crippen molar-refractivity contribution in [2.45, 2.75) is 46.2 Å². The fraction of sp³-hybridized carbons (Fsp3) is 0.444. The molecule has 2 aromatic rings. The Bertz CT molecular complexity index is 705. The van der Waals surface area contributed by atoms with Crippen LogP contribution >= 0.6 is 0 Å². The Balaban J connectivity index is 2.19. The first-order valence-electron chi connectivity index (χ1n) is 8.06. The molecule has 2 unspecified atom stereocenters. The lowest BCUT2D eigenvalue weighted by atomic mass is 9.99. The standard InChI is InChI=1S/C18H24N2O3/c1-4-12(3)17(18(22)23)19-16(21)10-13-11-20(5-2)15-9-7-6-8-14(13)15/h6-9,11-12,17H,4-5,10H2,1-3H3,(H,19,21)(H,22,23). The molecule has 0 fully saturated rings. The van der Waals surface area contributed by atoms with E-state index in [1.807, 2.05) is 44.3 Å². The van der Waals surface area contributed by atoms with Crippen LogP contribution in [0.25, 0.3) is 10.9 Å². The molecule has 124 valence electrons. The van der Waals surface area contributed by atoms with E-state index in [9.17, 15) is 14.7 Å². The fourth-order valence-corrected chi connectivity index (χ4v) is 2.81. The summed E-state index contributed by atoms with van der Waals surface area (Å²) >= 11 is 0. The molecule has 1 aromatic heterocycles. The van der Waals surface area contributed by atoms with Crippen molar-refractivity contribution in [2.24, 2.45) is 5.92 Å². The van der Waals surface area contributed by atoms with E-state index >= 15 is 0 Å². The number of benzene rings is 1.